The van der Waals surface area contributed by atoms with Crippen molar-refractivity contribution in [3.8, 4) is 0 Å². The molecule has 13 heavy (non-hydrogen) atoms. The van der Waals surface area contributed by atoms with Crippen molar-refractivity contribution in [3.63, 3.8) is 0 Å². The zero-order valence-corrected chi connectivity index (χ0v) is 8.59. The highest BCUT2D eigenvalue weighted by Gasteiger charge is 2.00. The minimum atomic E-state index is -0.0249. The molecule has 0 aromatic rings. The van der Waals surface area contributed by atoms with Crippen LogP contribution in [0.15, 0.2) is 36.1 Å². The molecule has 0 saturated carbocycles. The van der Waals surface area contributed by atoms with Gasteiger partial charge in [-0.25, -0.2) is 0 Å². The van der Waals surface area contributed by atoms with Crippen LogP contribution in [0.2, 0.25) is 0 Å². The van der Waals surface area contributed by atoms with Crippen molar-refractivity contribution in [2.75, 3.05) is 0 Å². The van der Waals surface area contributed by atoms with E-state index in [1.807, 2.05) is 13.8 Å². The van der Waals surface area contributed by atoms with E-state index in [0.29, 0.717) is 11.3 Å². The summed E-state index contributed by atoms with van der Waals surface area (Å²) in [6, 6.07) is 0. The predicted octanol–water partition coefficient (Wildman–Crippen LogP) is 1.92. The number of rotatable bonds is 3. The maximum absolute atomic E-state index is 7.11. The van der Waals surface area contributed by atoms with Crippen molar-refractivity contribution in [2.45, 2.75) is 20.8 Å². The van der Waals surface area contributed by atoms with Crippen LogP contribution in [0.1, 0.15) is 20.8 Å². The van der Waals surface area contributed by atoms with E-state index in [2.05, 4.69) is 6.58 Å². The molecule has 74 valence electrons. The van der Waals surface area contributed by atoms with E-state index >= 15 is 0 Å². The van der Waals surface area contributed by atoms with Crippen LogP contribution in [0.25, 0.3) is 0 Å². The fourth-order valence-electron chi connectivity index (χ4n) is 0.694. The average Bonchev–Trinajstić information content (AvgIpc) is 2.09. The highest BCUT2D eigenvalue weighted by Crippen LogP contribution is 2.02. The molecule has 0 atom stereocenters. The lowest BCUT2D eigenvalue weighted by Crippen LogP contribution is -2.17. The molecule has 3 heteroatoms. The Morgan fingerprint density at radius 1 is 1.31 bits per heavy atom. The molecular weight excluding hydrogens is 162 g/mol. The van der Waals surface area contributed by atoms with Gasteiger partial charge < -0.3 is 11.5 Å². The third-order valence-electron chi connectivity index (χ3n) is 1.19. The van der Waals surface area contributed by atoms with Crippen LogP contribution in [0.5, 0.6) is 0 Å². The highest BCUT2D eigenvalue weighted by atomic mass is 14.7. The zero-order valence-electron chi connectivity index (χ0n) is 8.59. The van der Waals surface area contributed by atoms with Gasteiger partial charge in [-0.3, -0.25) is 5.41 Å². The lowest BCUT2D eigenvalue weighted by atomic mass is 10.1. The fraction of sp³-hybridized carbons (Fsp3) is 0.300. The molecule has 3 nitrogen and oxygen atoms in total. The Labute approximate surface area is 80.3 Å². The lowest BCUT2D eigenvalue weighted by Gasteiger charge is -2.02. The largest absolute Gasteiger partial charge is 0.398 e. The van der Waals surface area contributed by atoms with Gasteiger partial charge in [0.25, 0.3) is 0 Å². The van der Waals surface area contributed by atoms with Gasteiger partial charge in [0.05, 0.1) is 0 Å². The van der Waals surface area contributed by atoms with Gasteiger partial charge in [0.15, 0.2) is 0 Å². The Kier molecular flexibility index (Phi) is 9.27. The molecule has 0 aliphatic heterocycles. The molecule has 0 unspecified atom stereocenters. The van der Waals surface area contributed by atoms with Gasteiger partial charge in [-0.1, -0.05) is 32.6 Å². The van der Waals surface area contributed by atoms with E-state index in [-0.39, 0.29) is 5.84 Å². The summed E-state index contributed by atoms with van der Waals surface area (Å²) < 4.78 is 0. The molecule has 0 saturated heterocycles. The second kappa shape index (κ2) is 8.59. The van der Waals surface area contributed by atoms with Gasteiger partial charge in [-0.15, -0.1) is 0 Å². The summed E-state index contributed by atoms with van der Waals surface area (Å²) in [5, 5.41) is 7.11. The molecule has 0 radical (unpaired) electrons. The molecular formula is C10H19N3. The predicted molar refractivity (Wildman–Crippen MR) is 59.5 cm³/mol. The van der Waals surface area contributed by atoms with E-state index in [1.165, 1.54) is 0 Å². The Morgan fingerprint density at radius 2 is 1.77 bits per heavy atom. The second-order valence-electron chi connectivity index (χ2n) is 1.97. The molecule has 0 rings (SSSR count). The summed E-state index contributed by atoms with van der Waals surface area (Å²) in [5.74, 6) is -0.0249. The van der Waals surface area contributed by atoms with Gasteiger partial charge in [0.2, 0.25) is 0 Å². The molecule has 0 heterocycles. The van der Waals surface area contributed by atoms with Gasteiger partial charge in [0.1, 0.15) is 5.84 Å². The number of allylic oxidation sites excluding steroid dienone is 3. The topological polar surface area (TPSA) is 75.9 Å². The first kappa shape index (κ1) is 14.0. The number of amidine groups is 1. The number of hydrogen-bond donors (Lipinski definition) is 3. The van der Waals surface area contributed by atoms with Crippen molar-refractivity contribution in [2.24, 2.45) is 11.5 Å². The Bertz CT molecular complexity index is 224. The van der Waals surface area contributed by atoms with Crippen LogP contribution in [0.3, 0.4) is 0 Å². The Hall–Kier alpha value is -1.51. The monoisotopic (exact) mass is 181 g/mol. The van der Waals surface area contributed by atoms with Crippen molar-refractivity contribution in [1.82, 2.24) is 0 Å². The SMILES string of the molecule is C=C/C=C(N)\C(=C/C)C(=N)N.CC. The maximum Gasteiger partial charge on any atom is 0.124 e. The standard InChI is InChI=1S/C8H13N3.C2H6/c1-3-5-7(9)6(4-2)8(10)11;1-2/h3-5H,1,9H2,2H3,(H3,10,11);1-2H3/b6-4+,7-5+;. The molecule has 0 bridgehead atoms. The summed E-state index contributed by atoms with van der Waals surface area (Å²) in [6.45, 7) is 9.26. The molecule has 0 aromatic carbocycles. The summed E-state index contributed by atoms with van der Waals surface area (Å²) in [5.41, 5.74) is 11.8. The van der Waals surface area contributed by atoms with Crippen LogP contribution < -0.4 is 11.5 Å². The van der Waals surface area contributed by atoms with E-state index in [0.717, 1.165) is 0 Å². The maximum atomic E-state index is 7.11. The number of nitrogens with two attached hydrogens (primary N) is 2. The zero-order chi connectivity index (χ0) is 10.9. The summed E-state index contributed by atoms with van der Waals surface area (Å²) in [7, 11) is 0. The molecule has 0 spiro atoms. The molecule has 0 aliphatic rings. The van der Waals surface area contributed by atoms with Gasteiger partial charge >= 0.3 is 0 Å². The number of nitrogens with one attached hydrogen (secondary N) is 1. The van der Waals surface area contributed by atoms with Crippen LogP contribution in [-0.4, -0.2) is 5.84 Å². The minimum absolute atomic E-state index is 0.0249. The summed E-state index contributed by atoms with van der Waals surface area (Å²) >= 11 is 0. The summed E-state index contributed by atoms with van der Waals surface area (Å²) in [6.07, 6.45) is 4.86. The van der Waals surface area contributed by atoms with Crippen LogP contribution in [0.4, 0.5) is 0 Å². The third kappa shape index (κ3) is 5.73. The Morgan fingerprint density at radius 3 is 2.00 bits per heavy atom. The fourth-order valence-corrected chi connectivity index (χ4v) is 0.694. The smallest absolute Gasteiger partial charge is 0.124 e. The normalized spacial score (nSPS) is 11.3. The van der Waals surface area contributed by atoms with Gasteiger partial charge in [0, 0.05) is 11.3 Å². The van der Waals surface area contributed by atoms with Crippen molar-refractivity contribution < 1.29 is 0 Å². The van der Waals surface area contributed by atoms with E-state index in [4.69, 9.17) is 16.9 Å². The van der Waals surface area contributed by atoms with Gasteiger partial charge in [-0.2, -0.15) is 0 Å². The van der Waals surface area contributed by atoms with Gasteiger partial charge in [-0.05, 0) is 13.0 Å². The van der Waals surface area contributed by atoms with Crippen molar-refractivity contribution in [1.29, 1.82) is 5.41 Å². The second-order valence-corrected chi connectivity index (χ2v) is 1.97. The molecule has 0 amide bonds. The van der Waals surface area contributed by atoms with E-state index < -0.39 is 0 Å². The highest BCUT2D eigenvalue weighted by molar-refractivity contribution is 5.98. The molecule has 0 aliphatic carbocycles. The first-order chi connectivity index (χ1) is 6.13. The quantitative estimate of drug-likeness (QED) is 0.353. The Balaban J connectivity index is 0. The minimum Gasteiger partial charge on any atom is -0.398 e. The first-order valence-electron chi connectivity index (χ1n) is 4.22. The molecule has 0 aromatic heterocycles. The van der Waals surface area contributed by atoms with Crippen molar-refractivity contribution in [3.05, 3.63) is 36.1 Å². The summed E-state index contributed by atoms with van der Waals surface area (Å²) in [4.78, 5) is 0. The lowest BCUT2D eigenvalue weighted by molar-refractivity contribution is 1.31. The van der Waals surface area contributed by atoms with E-state index in [1.54, 1.807) is 25.2 Å². The van der Waals surface area contributed by atoms with E-state index in [9.17, 15) is 0 Å². The molecule has 0 fully saturated rings. The van der Waals surface area contributed by atoms with Crippen LogP contribution in [0, 0.1) is 5.41 Å². The first-order valence-corrected chi connectivity index (χ1v) is 4.22. The van der Waals surface area contributed by atoms with Crippen LogP contribution >= 0.6 is 0 Å². The van der Waals surface area contributed by atoms with Crippen molar-refractivity contribution >= 4 is 5.84 Å². The number of hydrogen-bond acceptors (Lipinski definition) is 2. The third-order valence-corrected chi connectivity index (χ3v) is 1.19. The molecule has 5 N–H and O–H groups in total. The van der Waals surface area contributed by atoms with Crippen LogP contribution in [-0.2, 0) is 0 Å². The average molecular weight is 181 g/mol.